The van der Waals surface area contributed by atoms with Crippen LogP contribution in [0.15, 0.2) is 29.3 Å². The maximum Gasteiger partial charge on any atom is 0.164 e. The van der Waals surface area contributed by atoms with Gasteiger partial charge in [-0.15, -0.1) is 0 Å². The van der Waals surface area contributed by atoms with Crippen molar-refractivity contribution < 1.29 is 9.13 Å². The molecule has 1 atom stereocenters. The van der Waals surface area contributed by atoms with Gasteiger partial charge in [0, 0.05) is 20.1 Å². The van der Waals surface area contributed by atoms with Crippen molar-refractivity contribution in [2.45, 2.75) is 19.9 Å². The maximum absolute atomic E-state index is 14.7. The third-order valence-corrected chi connectivity index (χ3v) is 10.5. The van der Waals surface area contributed by atoms with Crippen molar-refractivity contribution in [3.63, 3.8) is 0 Å². The first-order valence-corrected chi connectivity index (χ1v) is 12.1. The third kappa shape index (κ3) is 3.30. The summed E-state index contributed by atoms with van der Waals surface area (Å²) >= 11 is 6.37. The first-order valence-electron chi connectivity index (χ1n) is 9.44. The van der Waals surface area contributed by atoms with Crippen molar-refractivity contribution in [2.75, 3.05) is 33.4 Å². The van der Waals surface area contributed by atoms with Gasteiger partial charge in [-0.05, 0) is 19.1 Å². The van der Waals surface area contributed by atoms with E-state index in [0.29, 0.717) is 56.5 Å². The van der Waals surface area contributed by atoms with Crippen LogP contribution in [0.2, 0.25) is 0 Å². The molecule has 0 N–H and O–H groups in total. The topological polar surface area (TPSA) is 69.7 Å². The number of nitriles is 1. The summed E-state index contributed by atoms with van der Waals surface area (Å²) in [5.74, 6) is 0.803. The van der Waals surface area contributed by atoms with Crippen LogP contribution in [-0.2, 0) is 23.1 Å². The smallest absolute Gasteiger partial charge is 0.164 e. The quantitative estimate of drug-likeness (QED) is 0.692. The molecular formula is C19H22FN6OPS. The Balaban J connectivity index is 1.94. The molecular weight excluding hydrogens is 410 g/mol. The molecule has 1 aromatic carbocycles. The van der Waals surface area contributed by atoms with E-state index in [1.54, 1.807) is 22.9 Å². The zero-order valence-electron chi connectivity index (χ0n) is 16.4. The number of hydrogen-bond donors (Lipinski definition) is 0. The lowest BCUT2D eigenvalue weighted by molar-refractivity contribution is 0.0738. The fourth-order valence-corrected chi connectivity index (χ4v) is 8.14. The van der Waals surface area contributed by atoms with Crippen LogP contribution in [0.4, 0.5) is 10.2 Å². The van der Waals surface area contributed by atoms with E-state index < -0.39 is 6.34 Å². The van der Waals surface area contributed by atoms with E-state index in [1.807, 2.05) is 18.6 Å². The molecule has 0 spiro atoms. The molecule has 0 amide bonds. The summed E-state index contributed by atoms with van der Waals surface area (Å²) in [5, 5.41) is 14.6. The van der Waals surface area contributed by atoms with Gasteiger partial charge in [0.05, 0.1) is 48.8 Å². The van der Waals surface area contributed by atoms with Gasteiger partial charge in [-0.1, -0.05) is 23.9 Å². The van der Waals surface area contributed by atoms with E-state index in [-0.39, 0.29) is 5.82 Å². The Morgan fingerprint density at radius 2 is 2.03 bits per heavy atom. The molecule has 2 aliphatic heterocycles. The van der Waals surface area contributed by atoms with E-state index in [9.17, 15) is 4.39 Å². The minimum atomic E-state index is -2.50. The molecule has 3 heterocycles. The van der Waals surface area contributed by atoms with E-state index >= 15 is 0 Å². The van der Waals surface area contributed by atoms with Crippen molar-refractivity contribution in [1.82, 2.24) is 19.1 Å². The number of aryl methyl sites for hydroxylation is 2. The van der Waals surface area contributed by atoms with Gasteiger partial charge < -0.3 is 9.41 Å². The molecule has 1 saturated heterocycles. The van der Waals surface area contributed by atoms with Gasteiger partial charge in [0.15, 0.2) is 5.82 Å². The lowest BCUT2D eigenvalue weighted by Gasteiger charge is -2.45. The van der Waals surface area contributed by atoms with Crippen LogP contribution in [0, 0.1) is 24.1 Å². The zero-order valence-corrected chi connectivity index (χ0v) is 18.1. The predicted molar refractivity (Wildman–Crippen MR) is 114 cm³/mol. The summed E-state index contributed by atoms with van der Waals surface area (Å²) in [5.41, 5.74) is 1.23. The Morgan fingerprint density at radius 1 is 1.31 bits per heavy atom. The summed E-state index contributed by atoms with van der Waals surface area (Å²) in [6, 6.07) is 8.75. The number of benzene rings is 1. The summed E-state index contributed by atoms with van der Waals surface area (Å²) in [6.07, 6.45) is -2.19. The minimum absolute atomic E-state index is 0.314. The van der Waals surface area contributed by atoms with Crippen LogP contribution in [0.5, 0.6) is 0 Å². The Labute approximate surface area is 174 Å². The SMILES string of the molecule is Cc1nn(CCC#N)c2c1P(=S)(N1CCOCC1)N(C)C(c1ccccc1F)=N2. The Hall–Kier alpha value is -2.11. The van der Waals surface area contributed by atoms with Crippen molar-refractivity contribution in [2.24, 2.45) is 4.99 Å². The van der Waals surface area contributed by atoms with Gasteiger partial charge in [0.2, 0.25) is 0 Å². The van der Waals surface area contributed by atoms with E-state index in [4.69, 9.17) is 26.8 Å². The van der Waals surface area contributed by atoms with Gasteiger partial charge in [-0.3, -0.25) is 4.67 Å². The Morgan fingerprint density at radius 3 is 2.72 bits per heavy atom. The van der Waals surface area contributed by atoms with Gasteiger partial charge in [0.1, 0.15) is 18.0 Å². The second-order valence-electron chi connectivity index (χ2n) is 6.94. The van der Waals surface area contributed by atoms with E-state index in [1.165, 1.54) is 6.07 Å². The largest absolute Gasteiger partial charge is 0.379 e. The number of ether oxygens (including phenoxy) is 1. The molecule has 0 radical (unpaired) electrons. The normalized spacial score (nSPS) is 22.1. The van der Waals surface area contributed by atoms with Crippen LogP contribution in [0.1, 0.15) is 17.7 Å². The first kappa shape index (κ1) is 20.2. The maximum atomic E-state index is 14.7. The molecule has 2 aliphatic rings. The van der Waals surface area contributed by atoms with Gasteiger partial charge in [-0.25, -0.2) is 14.1 Å². The lowest BCUT2D eigenvalue weighted by Crippen LogP contribution is -2.45. The van der Waals surface area contributed by atoms with E-state index in [2.05, 4.69) is 15.8 Å². The summed E-state index contributed by atoms with van der Waals surface area (Å²) in [6.45, 7) is 4.97. The van der Waals surface area contributed by atoms with Crippen LogP contribution < -0.4 is 5.30 Å². The number of fused-ring (bicyclic) bond motifs is 1. The molecule has 7 nitrogen and oxygen atoms in total. The number of morpholine rings is 1. The summed E-state index contributed by atoms with van der Waals surface area (Å²) in [4.78, 5) is 4.82. The van der Waals surface area contributed by atoms with Crippen molar-refractivity contribution in [3.8, 4) is 6.07 Å². The van der Waals surface area contributed by atoms with Gasteiger partial charge in [-0.2, -0.15) is 10.4 Å². The monoisotopic (exact) mass is 432 g/mol. The van der Waals surface area contributed by atoms with Crippen LogP contribution >= 0.6 is 6.34 Å². The second-order valence-corrected chi connectivity index (χ2v) is 11.2. The van der Waals surface area contributed by atoms with Crippen LogP contribution in [0.3, 0.4) is 0 Å². The van der Waals surface area contributed by atoms with Crippen LogP contribution in [-0.4, -0.2) is 58.3 Å². The second kappa shape index (κ2) is 7.96. The Kier molecular flexibility index (Phi) is 5.54. The average Bonchev–Trinajstić information content (AvgIpc) is 3.06. The van der Waals surface area contributed by atoms with Crippen molar-refractivity contribution in [1.29, 1.82) is 5.26 Å². The highest BCUT2D eigenvalue weighted by Crippen LogP contribution is 2.57. The summed E-state index contributed by atoms with van der Waals surface area (Å²) in [7, 11) is 1.90. The highest BCUT2D eigenvalue weighted by molar-refractivity contribution is 8.16. The molecule has 1 aromatic heterocycles. The van der Waals surface area contributed by atoms with Crippen molar-refractivity contribution in [3.05, 3.63) is 41.3 Å². The average molecular weight is 432 g/mol. The molecule has 0 bridgehead atoms. The van der Waals surface area contributed by atoms with Gasteiger partial charge in [0.25, 0.3) is 0 Å². The molecule has 2 aromatic rings. The highest BCUT2D eigenvalue weighted by atomic mass is 32.4. The zero-order chi connectivity index (χ0) is 20.6. The molecule has 29 heavy (non-hydrogen) atoms. The molecule has 152 valence electrons. The summed E-state index contributed by atoms with van der Waals surface area (Å²) < 4.78 is 26.2. The molecule has 0 saturated carbocycles. The molecule has 4 rings (SSSR count). The van der Waals surface area contributed by atoms with Crippen LogP contribution in [0.25, 0.3) is 0 Å². The van der Waals surface area contributed by atoms with E-state index in [0.717, 1.165) is 11.0 Å². The predicted octanol–water partition coefficient (Wildman–Crippen LogP) is 2.54. The minimum Gasteiger partial charge on any atom is -0.379 e. The number of halogens is 1. The molecule has 10 heteroatoms. The number of aromatic nitrogens is 2. The Bertz CT molecular complexity index is 1060. The highest BCUT2D eigenvalue weighted by Gasteiger charge is 2.43. The lowest BCUT2D eigenvalue weighted by atomic mass is 10.2. The van der Waals surface area contributed by atoms with Crippen molar-refractivity contribution >= 4 is 35.1 Å². The number of aliphatic imine (C=N–C) groups is 1. The molecule has 0 aliphatic carbocycles. The number of rotatable bonds is 4. The third-order valence-electron chi connectivity index (χ3n) is 5.21. The molecule has 1 fully saturated rings. The fourth-order valence-electron chi connectivity index (χ4n) is 3.81. The number of amidine groups is 1. The standard InChI is InChI=1S/C19H22FN6OPS/c1-14-17-19(26(23-14)9-5-8-21)22-18(15-6-3-4-7-16(15)20)24(2)28(17,29)25-10-12-27-13-11-25/h3-4,6-7H,5,9-13H2,1-2H3. The fraction of sp³-hybridized carbons (Fsp3) is 0.421. The first-order chi connectivity index (χ1) is 14.0. The molecule has 1 unspecified atom stereocenters. The number of hydrogen-bond acceptors (Lipinski definition) is 5. The van der Waals surface area contributed by atoms with Gasteiger partial charge >= 0.3 is 0 Å². The number of nitrogens with zero attached hydrogens (tertiary/aromatic N) is 6.